The lowest BCUT2D eigenvalue weighted by Gasteiger charge is -2.09. The molecule has 0 aliphatic rings. The minimum atomic E-state index is 0.222. The quantitative estimate of drug-likeness (QED) is 0.604. The molecule has 7 heteroatoms. The Labute approximate surface area is 152 Å². The van der Waals surface area contributed by atoms with E-state index in [1.54, 1.807) is 31.4 Å². The van der Waals surface area contributed by atoms with Crippen LogP contribution in [0.2, 0.25) is 0 Å². The average Bonchev–Trinajstić information content (AvgIpc) is 3.08. The van der Waals surface area contributed by atoms with Gasteiger partial charge in [-0.3, -0.25) is 0 Å². The van der Waals surface area contributed by atoms with Gasteiger partial charge >= 0.3 is 0 Å². The molecule has 0 saturated carbocycles. The minimum Gasteiger partial charge on any atom is -0.507 e. The highest BCUT2D eigenvalue weighted by Gasteiger charge is 2.14. The van der Waals surface area contributed by atoms with Gasteiger partial charge < -0.3 is 19.1 Å². The molecule has 1 aromatic heterocycles. The third-order valence-electron chi connectivity index (χ3n) is 3.34. The van der Waals surface area contributed by atoms with Crippen molar-refractivity contribution in [2.45, 2.75) is 6.92 Å². The highest BCUT2D eigenvalue weighted by molar-refractivity contribution is 14.1. The Bertz CT molecular complexity index is 864. The monoisotopic (exact) mass is 438 g/mol. The highest BCUT2D eigenvalue weighted by atomic mass is 127. The predicted molar refractivity (Wildman–Crippen MR) is 97.3 cm³/mol. The lowest BCUT2D eigenvalue weighted by molar-refractivity contribution is 0.311. The number of aromatic hydroxyl groups is 1. The first-order valence-corrected chi connectivity index (χ1v) is 8.34. The summed E-state index contributed by atoms with van der Waals surface area (Å²) in [6, 6.07) is 10.6. The Morgan fingerprint density at radius 3 is 2.62 bits per heavy atom. The third kappa shape index (κ3) is 3.30. The first kappa shape index (κ1) is 16.6. The van der Waals surface area contributed by atoms with E-state index in [9.17, 15) is 5.11 Å². The van der Waals surface area contributed by atoms with Crippen LogP contribution in [0.1, 0.15) is 6.92 Å². The topological polar surface area (TPSA) is 77.6 Å². The van der Waals surface area contributed by atoms with Crippen LogP contribution in [0, 0.1) is 3.57 Å². The zero-order valence-corrected chi connectivity index (χ0v) is 15.3. The molecule has 1 N–H and O–H groups in total. The largest absolute Gasteiger partial charge is 0.507 e. The molecule has 124 valence electrons. The van der Waals surface area contributed by atoms with E-state index in [4.69, 9.17) is 14.0 Å². The maximum absolute atomic E-state index is 9.60. The number of aromatic nitrogens is 2. The number of nitrogens with zero attached hydrogens (tertiary/aromatic N) is 2. The van der Waals surface area contributed by atoms with Gasteiger partial charge in [0.15, 0.2) is 11.5 Å². The van der Waals surface area contributed by atoms with Crippen molar-refractivity contribution in [3.8, 4) is 40.1 Å². The Morgan fingerprint density at radius 1 is 1.12 bits per heavy atom. The molecule has 6 nitrogen and oxygen atoms in total. The lowest BCUT2D eigenvalue weighted by atomic mass is 10.2. The van der Waals surface area contributed by atoms with E-state index in [1.807, 2.05) is 41.6 Å². The summed E-state index contributed by atoms with van der Waals surface area (Å²) in [7, 11) is 1.58. The molecule has 0 unspecified atom stereocenters. The molecule has 0 saturated heterocycles. The molecular formula is C17H15IN2O4. The normalized spacial score (nSPS) is 10.6. The molecule has 3 rings (SSSR count). The molecule has 0 amide bonds. The fourth-order valence-electron chi connectivity index (χ4n) is 2.18. The van der Waals surface area contributed by atoms with Crippen LogP contribution < -0.4 is 9.47 Å². The second kappa shape index (κ2) is 7.08. The van der Waals surface area contributed by atoms with Crippen LogP contribution in [0.3, 0.4) is 0 Å². The SMILES string of the molecule is CCOc1ccc(-c2nc(-c3ccc(O)c(I)c3)no2)cc1OC. The second-order valence-corrected chi connectivity index (χ2v) is 6.05. The Kier molecular flexibility index (Phi) is 4.89. The predicted octanol–water partition coefficient (Wildman–Crippen LogP) is 4.12. The van der Waals surface area contributed by atoms with E-state index >= 15 is 0 Å². The number of phenols is 1. The van der Waals surface area contributed by atoms with E-state index in [0.717, 1.165) is 14.7 Å². The summed E-state index contributed by atoms with van der Waals surface area (Å²) in [5, 5.41) is 13.6. The molecule has 0 radical (unpaired) electrons. The molecule has 2 aromatic carbocycles. The maximum Gasteiger partial charge on any atom is 0.258 e. The lowest BCUT2D eigenvalue weighted by Crippen LogP contribution is -1.95. The molecule has 0 spiro atoms. The van der Waals surface area contributed by atoms with Gasteiger partial charge in [0, 0.05) is 11.1 Å². The average molecular weight is 438 g/mol. The van der Waals surface area contributed by atoms with Crippen molar-refractivity contribution in [2.75, 3.05) is 13.7 Å². The van der Waals surface area contributed by atoms with Crippen LogP contribution in [0.15, 0.2) is 40.9 Å². The van der Waals surface area contributed by atoms with Gasteiger partial charge in [-0.15, -0.1) is 0 Å². The summed E-state index contributed by atoms with van der Waals surface area (Å²) >= 11 is 2.05. The van der Waals surface area contributed by atoms with Crippen LogP contribution in [-0.2, 0) is 0 Å². The summed E-state index contributed by atoms with van der Waals surface area (Å²) in [5.74, 6) is 2.33. The highest BCUT2D eigenvalue weighted by Crippen LogP contribution is 2.33. The molecular weight excluding hydrogens is 423 g/mol. The summed E-state index contributed by atoms with van der Waals surface area (Å²) < 4.78 is 16.9. The van der Waals surface area contributed by atoms with Gasteiger partial charge in [-0.25, -0.2) is 0 Å². The summed E-state index contributed by atoms with van der Waals surface area (Å²) in [6.45, 7) is 2.47. The smallest absolute Gasteiger partial charge is 0.258 e. The van der Waals surface area contributed by atoms with E-state index in [0.29, 0.717) is 29.8 Å². The van der Waals surface area contributed by atoms with Crippen molar-refractivity contribution in [3.05, 3.63) is 40.0 Å². The number of hydrogen-bond donors (Lipinski definition) is 1. The third-order valence-corrected chi connectivity index (χ3v) is 4.21. The van der Waals surface area contributed by atoms with Crippen molar-refractivity contribution in [1.82, 2.24) is 10.1 Å². The van der Waals surface area contributed by atoms with E-state index < -0.39 is 0 Å². The number of benzene rings is 2. The summed E-state index contributed by atoms with van der Waals surface area (Å²) in [4.78, 5) is 4.41. The van der Waals surface area contributed by atoms with Crippen molar-refractivity contribution in [1.29, 1.82) is 0 Å². The zero-order valence-electron chi connectivity index (χ0n) is 13.1. The van der Waals surface area contributed by atoms with E-state index in [1.165, 1.54) is 0 Å². The zero-order chi connectivity index (χ0) is 17.1. The molecule has 0 atom stereocenters. The van der Waals surface area contributed by atoms with Gasteiger partial charge in [0.05, 0.1) is 17.3 Å². The van der Waals surface area contributed by atoms with Crippen LogP contribution in [-0.4, -0.2) is 29.0 Å². The molecule has 0 fully saturated rings. The van der Waals surface area contributed by atoms with Crippen LogP contribution >= 0.6 is 22.6 Å². The first-order valence-electron chi connectivity index (χ1n) is 7.26. The number of rotatable bonds is 5. The van der Waals surface area contributed by atoms with Gasteiger partial charge in [0.2, 0.25) is 5.82 Å². The van der Waals surface area contributed by atoms with Gasteiger partial charge in [-0.05, 0) is 65.9 Å². The molecule has 1 heterocycles. The fourth-order valence-corrected chi connectivity index (χ4v) is 2.69. The number of ether oxygens (including phenoxy) is 2. The van der Waals surface area contributed by atoms with E-state index in [2.05, 4.69) is 10.1 Å². The van der Waals surface area contributed by atoms with Crippen molar-refractivity contribution in [2.24, 2.45) is 0 Å². The van der Waals surface area contributed by atoms with Gasteiger partial charge in [-0.2, -0.15) is 4.98 Å². The van der Waals surface area contributed by atoms with Gasteiger partial charge in [0.1, 0.15) is 5.75 Å². The first-order chi connectivity index (χ1) is 11.6. The summed E-state index contributed by atoms with van der Waals surface area (Å²) in [6.07, 6.45) is 0. The molecule has 0 aliphatic heterocycles. The Hall–Kier alpha value is -2.29. The maximum atomic E-state index is 9.60. The molecule has 24 heavy (non-hydrogen) atoms. The van der Waals surface area contributed by atoms with Crippen LogP contribution in [0.4, 0.5) is 0 Å². The van der Waals surface area contributed by atoms with Crippen molar-refractivity contribution < 1.29 is 19.1 Å². The van der Waals surface area contributed by atoms with Crippen molar-refractivity contribution >= 4 is 22.6 Å². The Balaban J connectivity index is 1.94. The number of halogens is 1. The van der Waals surface area contributed by atoms with Gasteiger partial charge in [0.25, 0.3) is 5.89 Å². The van der Waals surface area contributed by atoms with Crippen LogP contribution in [0.25, 0.3) is 22.8 Å². The van der Waals surface area contributed by atoms with E-state index in [-0.39, 0.29) is 5.75 Å². The number of hydrogen-bond acceptors (Lipinski definition) is 6. The molecule has 0 aliphatic carbocycles. The van der Waals surface area contributed by atoms with Gasteiger partial charge in [-0.1, -0.05) is 5.16 Å². The number of methoxy groups -OCH3 is 1. The van der Waals surface area contributed by atoms with Crippen LogP contribution in [0.5, 0.6) is 17.2 Å². The minimum absolute atomic E-state index is 0.222. The fraction of sp³-hybridized carbons (Fsp3) is 0.176. The molecule has 3 aromatic rings. The second-order valence-electron chi connectivity index (χ2n) is 4.89. The summed E-state index contributed by atoms with van der Waals surface area (Å²) in [5.41, 5.74) is 1.51. The standard InChI is InChI=1S/C17H15IN2O4/c1-3-23-14-7-5-11(9-15(14)22-2)17-19-16(20-24-17)10-4-6-13(21)12(18)8-10/h4-9,21H,3H2,1-2H3. The van der Waals surface area contributed by atoms with Crippen molar-refractivity contribution in [3.63, 3.8) is 0 Å². The molecule has 0 bridgehead atoms. The Morgan fingerprint density at radius 2 is 1.92 bits per heavy atom. The number of phenolic OH excluding ortho intramolecular Hbond substituents is 1.